The zero-order valence-electron chi connectivity index (χ0n) is 16.9. The lowest BCUT2D eigenvalue weighted by Crippen LogP contribution is -2.37. The van der Waals surface area contributed by atoms with E-state index in [2.05, 4.69) is 15.6 Å². The van der Waals surface area contributed by atoms with Gasteiger partial charge < -0.3 is 5.32 Å². The number of amides is 1. The van der Waals surface area contributed by atoms with E-state index in [9.17, 15) is 22.8 Å². The molecule has 10 heteroatoms. The van der Waals surface area contributed by atoms with E-state index in [0.717, 1.165) is 16.8 Å². The van der Waals surface area contributed by atoms with Crippen LogP contribution in [0.2, 0.25) is 5.02 Å². The molecule has 0 spiro atoms. The molecule has 0 fully saturated rings. The number of halogens is 4. The highest BCUT2D eigenvalue weighted by Gasteiger charge is 2.35. The van der Waals surface area contributed by atoms with E-state index in [1.165, 1.54) is 24.3 Å². The number of alkyl halides is 3. The van der Waals surface area contributed by atoms with Crippen molar-refractivity contribution in [1.82, 2.24) is 20.3 Å². The van der Waals surface area contributed by atoms with Crippen LogP contribution in [-0.2, 0) is 6.18 Å². The van der Waals surface area contributed by atoms with E-state index >= 15 is 0 Å². The molecule has 3 aromatic carbocycles. The topological polar surface area (TPSA) is 76.9 Å². The second-order valence-electron chi connectivity index (χ2n) is 7.18. The lowest BCUT2D eigenvalue weighted by Gasteiger charge is -2.20. The van der Waals surface area contributed by atoms with Gasteiger partial charge in [-0.2, -0.15) is 13.2 Å². The Morgan fingerprint density at radius 2 is 1.73 bits per heavy atom. The first-order valence-corrected chi connectivity index (χ1v) is 10.2. The average molecular weight is 473 g/mol. The summed E-state index contributed by atoms with van der Waals surface area (Å²) in [7, 11) is 0. The molecule has 0 aliphatic rings. The highest BCUT2D eigenvalue weighted by atomic mass is 35.5. The van der Waals surface area contributed by atoms with Crippen LogP contribution < -0.4 is 10.9 Å². The maximum Gasteiger partial charge on any atom is 0.417 e. The van der Waals surface area contributed by atoms with Gasteiger partial charge in [0.1, 0.15) is 5.52 Å². The van der Waals surface area contributed by atoms with Crippen LogP contribution in [-0.4, -0.2) is 27.4 Å². The molecule has 1 heterocycles. The Labute approximate surface area is 190 Å². The predicted octanol–water partition coefficient (Wildman–Crippen LogP) is 4.48. The lowest BCUT2D eigenvalue weighted by molar-refractivity contribution is -0.137. The third-order valence-electron chi connectivity index (χ3n) is 5.06. The van der Waals surface area contributed by atoms with Gasteiger partial charge in [-0.3, -0.25) is 9.59 Å². The zero-order chi connectivity index (χ0) is 23.6. The molecule has 33 heavy (non-hydrogen) atoms. The van der Waals surface area contributed by atoms with Gasteiger partial charge in [0, 0.05) is 11.6 Å². The molecule has 6 nitrogen and oxygen atoms in total. The first-order chi connectivity index (χ1) is 15.8. The van der Waals surface area contributed by atoms with Crippen molar-refractivity contribution in [2.24, 2.45) is 0 Å². The number of aromatic nitrogens is 3. The Kier molecular flexibility index (Phi) is 6.15. The summed E-state index contributed by atoms with van der Waals surface area (Å²) in [5, 5.41) is 11.2. The first-order valence-electron chi connectivity index (χ1n) is 9.80. The Balaban J connectivity index is 1.70. The Hall–Kier alpha value is -3.72. The molecule has 1 amide bonds. The summed E-state index contributed by atoms with van der Waals surface area (Å²) in [4.78, 5) is 25.8. The molecule has 0 bridgehead atoms. The predicted molar refractivity (Wildman–Crippen MR) is 117 cm³/mol. The largest absolute Gasteiger partial charge is 0.417 e. The van der Waals surface area contributed by atoms with E-state index in [0.29, 0.717) is 16.1 Å². The molecular formula is C23H16ClF3N4O2. The minimum Gasteiger partial charge on any atom is -0.350 e. The minimum atomic E-state index is -4.69. The summed E-state index contributed by atoms with van der Waals surface area (Å²) >= 11 is 5.95. The maximum atomic E-state index is 13.3. The number of nitrogens with one attached hydrogen (secondary N) is 1. The highest BCUT2D eigenvalue weighted by molar-refractivity contribution is 6.31. The fraction of sp³-hybridized carbons (Fsp3) is 0.130. The monoisotopic (exact) mass is 472 g/mol. The number of fused-ring (bicyclic) bond motifs is 1. The molecule has 4 aromatic rings. The molecule has 0 saturated carbocycles. The van der Waals surface area contributed by atoms with Crippen molar-refractivity contribution >= 4 is 28.4 Å². The van der Waals surface area contributed by atoms with Gasteiger partial charge >= 0.3 is 6.18 Å². The number of hydrogen-bond acceptors (Lipinski definition) is 4. The molecule has 1 N–H and O–H groups in total. The van der Waals surface area contributed by atoms with Crippen LogP contribution in [0.4, 0.5) is 13.2 Å². The van der Waals surface area contributed by atoms with Gasteiger partial charge in [0.15, 0.2) is 0 Å². The van der Waals surface area contributed by atoms with Gasteiger partial charge in [-0.15, -0.1) is 5.10 Å². The standard InChI is InChI=1S/C23H16ClF3N4O2/c24-15-10-11-17-19(12-15)29-30-31(22(17)33)20(14-6-2-1-3-7-14)13-28-21(32)16-8-4-5-9-18(16)23(25,26)27/h1-12,20H,13H2,(H,28,32). The maximum absolute atomic E-state index is 13.3. The minimum absolute atomic E-state index is 0.192. The second-order valence-corrected chi connectivity index (χ2v) is 7.62. The van der Waals surface area contributed by atoms with E-state index in [1.54, 1.807) is 36.4 Å². The molecule has 0 radical (unpaired) electrons. The number of carbonyl (C=O) groups is 1. The fourth-order valence-corrected chi connectivity index (χ4v) is 3.63. The second kappa shape index (κ2) is 9.03. The molecule has 1 aromatic heterocycles. The smallest absolute Gasteiger partial charge is 0.350 e. The summed E-state index contributed by atoms with van der Waals surface area (Å²) in [5.41, 5.74) is -1.11. The van der Waals surface area contributed by atoms with Crippen LogP contribution in [0.5, 0.6) is 0 Å². The van der Waals surface area contributed by atoms with Crippen LogP contribution in [0.25, 0.3) is 10.9 Å². The SMILES string of the molecule is O=C(NCC(c1ccccc1)n1nnc2cc(Cl)ccc2c1=O)c1ccccc1C(F)(F)F. The van der Waals surface area contributed by atoms with Gasteiger partial charge in [0.2, 0.25) is 0 Å². The Morgan fingerprint density at radius 1 is 1.03 bits per heavy atom. The number of rotatable bonds is 5. The van der Waals surface area contributed by atoms with Gasteiger partial charge in [-0.05, 0) is 35.9 Å². The van der Waals surface area contributed by atoms with Crippen LogP contribution in [0.1, 0.15) is 27.5 Å². The van der Waals surface area contributed by atoms with Crippen molar-refractivity contribution in [3.8, 4) is 0 Å². The van der Waals surface area contributed by atoms with E-state index in [-0.39, 0.29) is 11.9 Å². The summed E-state index contributed by atoms with van der Waals surface area (Å²) in [6.07, 6.45) is -4.69. The third kappa shape index (κ3) is 4.73. The first kappa shape index (κ1) is 22.5. The van der Waals surface area contributed by atoms with Crippen molar-refractivity contribution in [3.63, 3.8) is 0 Å². The molecular weight excluding hydrogens is 457 g/mol. The van der Waals surface area contributed by atoms with Crippen LogP contribution in [0.3, 0.4) is 0 Å². The molecule has 0 aliphatic heterocycles. The third-order valence-corrected chi connectivity index (χ3v) is 5.29. The summed E-state index contributed by atoms with van der Waals surface area (Å²) < 4.78 is 41.0. The fourth-order valence-electron chi connectivity index (χ4n) is 3.47. The number of hydrogen-bond donors (Lipinski definition) is 1. The van der Waals surface area contributed by atoms with E-state index in [4.69, 9.17) is 11.6 Å². The number of nitrogens with zero attached hydrogens (tertiary/aromatic N) is 3. The van der Waals surface area contributed by atoms with Crippen LogP contribution in [0.15, 0.2) is 77.6 Å². The summed E-state index contributed by atoms with van der Waals surface area (Å²) in [6.45, 7) is -0.192. The lowest BCUT2D eigenvalue weighted by atomic mass is 10.0. The Morgan fingerprint density at radius 3 is 2.45 bits per heavy atom. The van der Waals surface area contributed by atoms with Gasteiger partial charge in [-0.25, -0.2) is 4.68 Å². The highest BCUT2D eigenvalue weighted by Crippen LogP contribution is 2.31. The molecule has 168 valence electrons. The average Bonchev–Trinajstić information content (AvgIpc) is 2.80. The molecule has 1 atom stereocenters. The normalized spacial score (nSPS) is 12.5. The molecule has 0 saturated heterocycles. The van der Waals surface area contributed by atoms with Crippen molar-refractivity contribution in [3.05, 3.63) is 105 Å². The van der Waals surface area contributed by atoms with Crippen molar-refractivity contribution in [2.75, 3.05) is 6.54 Å². The van der Waals surface area contributed by atoms with Crippen molar-refractivity contribution < 1.29 is 18.0 Å². The van der Waals surface area contributed by atoms with Crippen molar-refractivity contribution in [2.45, 2.75) is 12.2 Å². The summed E-state index contributed by atoms with van der Waals surface area (Å²) in [6, 6.07) is 17.0. The van der Waals surface area contributed by atoms with Gasteiger partial charge in [0.25, 0.3) is 11.5 Å². The Bertz CT molecular complexity index is 1370. The zero-order valence-corrected chi connectivity index (χ0v) is 17.6. The number of benzene rings is 3. The van der Waals surface area contributed by atoms with Crippen LogP contribution in [0, 0.1) is 0 Å². The van der Waals surface area contributed by atoms with E-state index in [1.807, 2.05) is 0 Å². The molecule has 4 rings (SSSR count). The van der Waals surface area contributed by atoms with Crippen molar-refractivity contribution in [1.29, 1.82) is 0 Å². The molecule has 0 aliphatic carbocycles. The van der Waals surface area contributed by atoms with Crippen LogP contribution >= 0.6 is 11.6 Å². The quantitative estimate of drug-likeness (QED) is 0.464. The number of carbonyl (C=O) groups excluding carboxylic acids is 1. The van der Waals surface area contributed by atoms with Gasteiger partial charge in [-0.1, -0.05) is 59.3 Å². The molecule has 1 unspecified atom stereocenters. The van der Waals surface area contributed by atoms with Gasteiger partial charge in [0.05, 0.1) is 22.6 Å². The summed E-state index contributed by atoms with van der Waals surface area (Å²) in [5.74, 6) is -0.919. The van der Waals surface area contributed by atoms with E-state index < -0.39 is 34.8 Å².